The first-order valence-corrected chi connectivity index (χ1v) is 6.91. The van der Waals surface area contributed by atoms with Gasteiger partial charge in [-0.2, -0.15) is 0 Å². The van der Waals surface area contributed by atoms with E-state index in [1.165, 1.54) is 24.3 Å². The smallest absolute Gasteiger partial charge is 0.262 e. The van der Waals surface area contributed by atoms with Gasteiger partial charge in [0, 0.05) is 0 Å². The summed E-state index contributed by atoms with van der Waals surface area (Å²) in [6, 6.07) is 8.37. The van der Waals surface area contributed by atoms with E-state index >= 15 is 0 Å². The second-order valence-electron chi connectivity index (χ2n) is 4.02. The highest BCUT2D eigenvalue weighted by Crippen LogP contribution is 2.21. The molecule has 0 radical (unpaired) electrons. The summed E-state index contributed by atoms with van der Waals surface area (Å²) >= 11 is 0. The van der Waals surface area contributed by atoms with Crippen LogP contribution in [0.25, 0.3) is 0 Å². The van der Waals surface area contributed by atoms with E-state index in [1.807, 2.05) is 0 Å². The van der Waals surface area contributed by atoms with E-state index in [4.69, 9.17) is 0 Å². The maximum Gasteiger partial charge on any atom is 0.262 e. The molecular weight excluding hydrogens is 272 g/mol. The summed E-state index contributed by atoms with van der Waals surface area (Å²) in [4.78, 5) is -0.212. The molecule has 2 rings (SSSR count). The van der Waals surface area contributed by atoms with E-state index in [1.54, 1.807) is 6.92 Å². The second kappa shape index (κ2) is 4.97. The normalized spacial score (nSPS) is 11.3. The predicted molar refractivity (Wildman–Crippen MR) is 68.3 cm³/mol. The van der Waals surface area contributed by atoms with Crippen molar-refractivity contribution in [3.8, 4) is 0 Å². The first-order chi connectivity index (χ1) is 8.88. The fourth-order valence-corrected chi connectivity index (χ4v) is 2.69. The Bertz CT molecular complexity index is 714. The number of nitrogens with one attached hydrogen (secondary N) is 1. The van der Waals surface area contributed by atoms with Crippen molar-refractivity contribution in [2.24, 2.45) is 0 Å². The molecule has 0 aliphatic carbocycles. The van der Waals surface area contributed by atoms with Crippen LogP contribution < -0.4 is 4.72 Å². The van der Waals surface area contributed by atoms with Crippen LogP contribution in [0.3, 0.4) is 0 Å². The summed E-state index contributed by atoms with van der Waals surface area (Å²) in [6.07, 6.45) is 0. The van der Waals surface area contributed by atoms with Crippen LogP contribution in [-0.2, 0) is 10.0 Å². The molecule has 0 saturated carbocycles. The Kier molecular flexibility index (Phi) is 3.53. The Hall–Kier alpha value is -1.95. The van der Waals surface area contributed by atoms with Crippen molar-refractivity contribution < 1.29 is 17.2 Å². The lowest BCUT2D eigenvalue weighted by Gasteiger charge is -2.10. The molecule has 100 valence electrons. The van der Waals surface area contributed by atoms with Crippen molar-refractivity contribution in [3.05, 3.63) is 59.7 Å². The average molecular weight is 283 g/mol. The van der Waals surface area contributed by atoms with Crippen LogP contribution in [0.15, 0.2) is 47.4 Å². The largest absolute Gasteiger partial charge is 0.279 e. The van der Waals surface area contributed by atoms with E-state index in [0.29, 0.717) is 5.56 Å². The van der Waals surface area contributed by atoms with Gasteiger partial charge in [0.25, 0.3) is 10.0 Å². The van der Waals surface area contributed by atoms with Crippen molar-refractivity contribution >= 4 is 15.7 Å². The Morgan fingerprint density at radius 3 is 2.37 bits per heavy atom. The van der Waals surface area contributed by atoms with Crippen LogP contribution in [0.4, 0.5) is 14.5 Å². The molecule has 0 aromatic heterocycles. The van der Waals surface area contributed by atoms with Crippen LogP contribution in [-0.4, -0.2) is 8.42 Å². The van der Waals surface area contributed by atoms with Crippen LogP contribution in [0.1, 0.15) is 5.56 Å². The zero-order valence-electron chi connectivity index (χ0n) is 10.0. The van der Waals surface area contributed by atoms with Gasteiger partial charge in [-0.1, -0.05) is 12.1 Å². The standard InChI is InChI=1S/C13H11F2NO2S/c1-9-5-6-11(15)8-13(9)16-19(17,18)12-4-2-3-10(14)7-12/h2-8,16H,1H3. The van der Waals surface area contributed by atoms with Crippen molar-refractivity contribution in [3.63, 3.8) is 0 Å². The molecule has 0 spiro atoms. The van der Waals surface area contributed by atoms with Crippen molar-refractivity contribution in [1.29, 1.82) is 0 Å². The zero-order valence-corrected chi connectivity index (χ0v) is 10.8. The maximum absolute atomic E-state index is 13.1. The SMILES string of the molecule is Cc1ccc(F)cc1NS(=O)(=O)c1cccc(F)c1. The topological polar surface area (TPSA) is 46.2 Å². The first-order valence-electron chi connectivity index (χ1n) is 5.43. The fourth-order valence-electron chi connectivity index (χ4n) is 1.54. The molecule has 0 amide bonds. The molecule has 0 aliphatic rings. The molecule has 6 heteroatoms. The molecule has 2 aromatic rings. The summed E-state index contributed by atoms with van der Waals surface area (Å²) in [5.74, 6) is -1.21. The summed E-state index contributed by atoms with van der Waals surface area (Å²) in [7, 11) is -3.93. The molecule has 2 aromatic carbocycles. The van der Waals surface area contributed by atoms with E-state index in [9.17, 15) is 17.2 Å². The van der Waals surface area contributed by atoms with Gasteiger partial charge in [-0.3, -0.25) is 4.72 Å². The molecule has 1 N–H and O–H groups in total. The highest BCUT2D eigenvalue weighted by atomic mass is 32.2. The van der Waals surface area contributed by atoms with Crippen LogP contribution in [0, 0.1) is 18.6 Å². The second-order valence-corrected chi connectivity index (χ2v) is 5.70. The summed E-state index contributed by atoms with van der Waals surface area (Å²) in [5, 5.41) is 0. The Morgan fingerprint density at radius 1 is 1.00 bits per heavy atom. The van der Waals surface area contributed by atoms with Crippen molar-refractivity contribution in [2.45, 2.75) is 11.8 Å². The quantitative estimate of drug-likeness (QED) is 0.941. The molecule has 0 atom stereocenters. The molecule has 19 heavy (non-hydrogen) atoms. The number of benzene rings is 2. The fraction of sp³-hybridized carbons (Fsp3) is 0.0769. The molecule has 0 fully saturated rings. The van der Waals surface area contributed by atoms with E-state index in [-0.39, 0.29) is 10.6 Å². The van der Waals surface area contributed by atoms with Gasteiger partial charge in [0.1, 0.15) is 11.6 Å². The number of rotatable bonds is 3. The maximum atomic E-state index is 13.1. The third kappa shape index (κ3) is 3.08. The number of hydrogen-bond donors (Lipinski definition) is 1. The lowest BCUT2D eigenvalue weighted by atomic mass is 10.2. The lowest BCUT2D eigenvalue weighted by molar-refractivity contribution is 0.595. The van der Waals surface area contributed by atoms with Gasteiger partial charge in [0.05, 0.1) is 10.6 Å². The number of aryl methyl sites for hydroxylation is 1. The number of hydrogen-bond acceptors (Lipinski definition) is 2. The van der Waals surface area contributed by atoms with Crippen LogP contribution in [0.5, 0.6) is 0 Å². The minimum atomic E-state index is -3.93. The third-order valence-electron chi connectivity index (χ3n) is 2.55. The monoisotopic (exact) mass is 283 g/mol. The molecule has 0 saturated heterocycles. The van der Waals surface area contributed by atoms with Gasteiger partial charge in [0.2, 0.25) is 0 Å². The van der Waals surface area contributed by atoms with Gasteiger partial charge >= 0.3 is 0 Å². The zero-order chi connectivity index (χ0) is 14.0. The van der Waals surface area contributed by atoms with Crippen molar-refractivity contribution in [1.82, 2.24) is 0 Å². The van der Waals surface area contributed by atoms with Gasteiger partial charge in [-0.15, -0.1) is 0 Å². The highest BCUT2D eigenvalue weighted by Gasteiger charge is 2.16. The van der Waals surface area contributed by atoms with E-state index in [2.05, 4.69) is 4.72 Å². The summed E-state index contributed by atoms with van der Waals surface area (Å²) < 4.78 is 52.4. The summed E-state index contributed by atoms with van der Waals surface area (Å²) in [5.41, 5.74) is 0.700. The average Bonchev–Trinajstić information content (AvgIpc) is 2.33. The van der Waals surface area contributed by atoms with Gasteiger partial charge in [-0.05, 0) is 42.8 Å². The van der Waals surface area contributed by atoms with Crippen LogP contribution >= 0.6 is 0 Å². The lowest BCUT2D eigenvalue weighted by Crippen LogP contribution is -2.14. The predicted octanol–water partition coefficient (Wildman–Crippen LogP) is 3.07. The third-order valence-corrected chi connectivity index (χ3v) is 3.91. The van der Waals surface area contributed by atoms with Crippen LogP contribution in [0.2, 0.25) is 0 Å². The minimum absolute atomic E-state index is 0.129. The minimum Gasteiger partial charge on any atom is -0.279 e. The van der Waals surface area contributed by atoms with Gasteiger partial charge < -0.3 is 0 Å². The molecular formula is C13H11F2NO2S. The van der Waals surface area contributed by atoms with E-state index < -0.39 is 21.7 Å². The van der Waals surface area contributed by atoms with E-state index in [0.717, 1.165) is 18.2 Å². The molecule has 0 heterocycles. The number of halogens is 2. The van der Waals surface area contributed by atoms with Gasteiger partial charge in [0.15, 0.2) is 0 Å². The molecule has 0 aliphatic heterocycles. The highest BCUT2D eigenvalue weighted by molar-refractivity contribution is 7.92. The van der Waals surface area contributed by atoms with Gasteiger partial charge in [-0.25, -0.2) is 17.2 Å². The first kappa shape index (κ1) is 13.5. The molecule has 0 unspecified atom stereocenters. The number of anilines is 1. The Balaban J connectivity index is 2.39. The Labute approximate surface area is 109 Å². The van der Waals surface area contributed by atoms with Crippen molar-refractivity contribution in [2.75, 3.05) is 4.72 Å². The molecule has 3 nitrogen and oxygen atoms in total. The Morgan fingerprint density at radius 2 is 1.68 bits per heavy atom. The number of sulfonamides is 1. The molecule has 0 bridgehead atoms. The summed E-state index contributed by atoms with van der Waals surface area (Å²) in [6.45, 7) is 1.64.